The third-order valence-corrected chi connectivity index (χ3v) is 3.17. The van der Waals surface area contributed by atoms with Gasteiger partial charge in [0.05, 0.1) is 0 Å². The minimum Gasteiger partial charge on any atom is -0.106 e. The van der Waals surface area contributed by atoms with Crippen LogP contribution in [0, 0.1) is 11.8 Å². The quantitative estimate of drug-likeness (QED) is 0.556. The maximum Gasteiger partial charge on any atom is -0.0322 e. The number of allylic oxidation sites excluding steroid dienone is 2. The molecule has 0 heteroatoms. The molecular weight excluding hydrogens is 168 g/mol. The van der Waals surface area contributed by atoms with E-state index in [1.807, 2.05) is 0 Å². The molecule has 0 bridgehead atoms. The molecule has 82 valence electrons. The molecule has 0 aromatic heterocycles. The van der Waals surface area contributed by atoms with Crippen molar-refractivity contribution < 1.29 is 0 Å². The summed E-state index contributed by atoms with van der Waals surface area (Å²) in [5, 5.41) is 0. The molecule has 0 aromatic rings. The van der Waals surface area contributed by atoms with Crippen molar-refractivity contribution in [1.82, 2.24) is 0 Å². The van der Waals surface area contributed by atoms with Crippen molar-refractivity contribution in [3.8, 4) is 0 Å². The van der Waals surface area contributed by atoms with Crippen molar-refractivity contribution in [1.29, 1.82) is 0 Å². The molecule has 1 fully saturated rings. The third-order valence-electron chi connectivity index (χ3n) is 3.17. The number of rotatable bonds is 3. The van der Waals surface area contributed by atoms with Gasteiger partial charge in [-0.2, -0.15) is 0 Å². The summed E-state index contributed by atoms with van der Waals surface area (Å²) in [5.41, 5.74) is 0. The summed E-state index contributed by atoms with van der Waals surface area (Å²) in [4.78, 5) is 0. The Labute approximate surface area is 90.1 Å². The summed E-state index contributed by atoms with van der Waals surface area (Å²) in [6.45, 7) is 10.5. The molecule has 0 radical (unpaired) electrons. The van der Waals surface area contributed by atoms with Gasteiger partial charge < -0.3 is 0 Å². The van der Waals surface area contributed by atoms with Gasteiger partial charge in [0.25, 0.3) is 0 Å². The molecule has 1 aliphatic rings. The van der Waals surface area contributed by atoms with E-state index in [1.165, 1.54) is 38.5 Å². The average molecular weight is 194 g/mol. The van der Waals surface area contributed by atoms with E-state index in [1.54, 1.807) is 0 Å². The highest BCUT2D eigenvalue weighted by atomic mass is 14.2. The highest BCUT2D eigenvalue weighted by molar-refractivity contribution is 4.83. The monoisotopic (exact) mass is 194 g/mol. The Hall–Kier alpha value is -0.520. The fourth-order valence-electron chi connectivity index (χ4n) is 2.32. The van der Waals surface area contributed by atoms with E-state index in [2.05, 4.69) is 39.2 Å². The zero-order valence-electron chi connectivity index (χ0n) is 9.97. The van der Waals surface area contributed by atoms with Crippen molar-refractivity contribution in [3.63, 3.8) is 0 Å². The minimum atomic E-state index is 1.000. The molecule has 2 unspecified atom stereocenters. The summed E-state index contributed by atoms with van der Waals surface area (Å²) in [5.74, 6) is 2.04. The van der Waals surface area contributed by atoms with Crippen LogP contribution in [-0.2, 0) is 0 Å². The molecule has 2 atom stereocenters. The van der Waals surface area contributed by atoms with Crippen LogP contribution >= 0.6 is 0 Å². The molecule has 0 amide bonds. The van der Waals surface area contributed by atoms with E-state index in [0.717, 1.165) is 11.8 Å². The molecule has 0 spiro atoms. The second-order valence-corrected chi connectivity index (χ2v) is 4.11. The highest BCUT2D eigenvalue weighted by Crippen LogP contribution is 2.32. The van der Waals surface area contributed by atoms with E-state index < -0.39 is 0 Å². The summed E-state index contributed by atoms with van der Waals surface area (Å²) >= 11 is 0. The van der Waals surface area contributed by atoms with Crippen molar-refractivity contribution in [2.45, 2.75) is 52.4 Å². The van der Waals surface area contributed by atoms with Crippen LogP contribution in [0.4, 0.5) is 0 Å². The molecule has 0 heterocycles. The van der Waals surface area contributed by atoms with Crippen LogP contribution in [0.3, 0.4) is 0 Å². The number of hydrogen-bond donors (Lipinski definition) is 0. The molecule has 0 aliphatic heterocycles. The van der Waals surface area contributed by atoms with Gasteiger partial charge in [-0.05, 0) is 31.6 Å². The van der Waals surface area contributed by atoms with Gasteiger partial charge in [0.1, 0.15) is 0 Å². The van der Waals surface area contributed by atoms with Gasteiger partial charge in [-0.3, -0.25) is 0 Å². The maximum absolute atomic E-state index is 3.00. The fraction of sp³-hybridized carbons (Fsp3) is 0.714. The zero-order chi connectivity index (χ0) is 10.8. The molecule has 0 N–H and O–H groups in total. The Bertz CT molecular complexity index is 146. The second-order valence-electron chi connectivity index (χ2n) is 4.11. The topological polar surface area (TPSA) is 0 Å². The molecule has 0 saturated heterocycles. The Morgan fingerprint density at radius 3 is 2.43 bits per heavy atom. The lowest BCUT2D eigenvalue weighted by molar-refractivity contribution is 0.262. The zero-order valence-corrected chi connectivity index (χ0v) is 9.97. The van der Waals surface area contributed by atoms with Crippen molar-refractivity contribution >= 4 is 0 Å². The molecule has 14 heavy (non-hydrogen) atoms. The standard InChI is InChI=1S/C12H22.C2H4/c1-3-5-7-12-9-6-8-11(4-2)10-12;1-2/h3,5,11-12H,4,6-10H2,1-2H3;1-2H2/b5-3+;. The van der Waals surface area contributed by atoms with E-state index >= 15 is 0 Å². The lowest BCUT2D eigenvalue weighted by Gasteiger charge is -2.27. The summed E-state index contributed by atoms with van der Waals surface area (Å²) in [6.07, 6.45) is 13.2. The largest absolute Gasteiger partial charge is 0.106 e. The number of hydrogen-bond acceptors (Lipinski definition) is 0. The molecule has 1 aliphatic carbocycles. The normalized spacial score (nSPS) is 27.0. The fourth-order valence-corrected chi connectivity index (χ4v) is 2.32. The smallest absolute Gasteiger partial charge is 0.0322 e. The Balaban J connectivity index is 0.000000791. The third kappa shape index (κ3) is 5.26. The van der Waals surface area contributed by atoms with Crippen LogP contribution in [0.2, 0.25) is 0 Å². The minimum absolute atomic E-state index is 1.000. The lowest BCUT2D eigenvalue weighted by Crippen LogP contribution is -2.14. The van der Waals surface area contributed by atoms with E-state index in [9.17, 15) is 0 Å². The van der Waals surface area contributed by atoms with E-state index in [-0.39, 0.29) is 0 Å². The van der Waals surface area contributed by atoms with Crippen molar-refractivity contribution in [2.75, 3.05) is 0 Å². The lowest BCUT2D eigenvalue weighted by atomic mass is 9.79. The van der Waals surface area contributed by atoms with Crippen molar-refractivity contribution in [3.05, 3.63) is 25.3 Å². The predicted octanol–water partition coefficient (Wildman–Crippen LogP) is 4.97. The second kappa shape index (κ2) is 9.05. The van der Waals surface area contributed by atoms with Crippen LogP contribution in [0.15, 0.2) is 25.3 Å². The Morgan fingerprint density at radius 2 is 1.86 bits per heavy atom. The van der Waals surface area contributed by atoms with Gasteiger partial charge in [-0.25, -0.2) is 0 Å². The molecule has 0 nitrogen and oxygen atoms in total. The van der Waals surface area contributed by atoms with Gasteiger partial charge >= 0.3 is 0 Å². The molecule has 1 saturated carbocycles. The maximum atomic E-state index is 3.00. The summed E-state index contributed by atoms with van der Waals surface area (Å²) in [7, 11) is 0. The van der Waals surface area contributed by atoms with Crippen LogP contribution in [-0.4, -0.2) is 0 Å². The Kier molecular flexibility index (Phi) is 8.72. The van der Waals surface area contributed by atoms with Crippen LogP contribution in [0.5, 0.6) is 0 Å². The first kappa shape index (κ1) is 13.5. The van der Waals surface area contributed by atoms with Gasteiger partial charge in [0, 0.05) is 0 Å². The SMILES string of the molecule is C/C=C/CC1CCCC(CC)C1.C=C. The first-order valence-electron chi connectivity index (χ1n) is 5.98. The molecule has 1 rings (SSSR count). The molecule has 0 aromatic carbocycles. The van der Waals surface area contributed by atoms with Crippen LogP contribution in [0.25, 0.3) is 0 Å². The average Bonchev–Trinajstić information content (AvgIpc) is 2.29. The van der Waals surface area contributed by atoms with Gasteiger partial charge in [0.2, 0.25) is 0 Å². The highest BCUT2D eigenvalue weighted by Gasteiger charge is 2.19. The van der Waals surface area contributed by atoms with Crippen LogP contribution in [0.1, 0.15) is 52.4 Å². The first-order valence-corrected chi connectivity index (χ1v) is 5.98. The molecular formula is C14H26. The Morgan fingerprint density at radius 1 is 1.21 bits per heavy atom. The van der Waals surface area contributed by atoms with Gasteiger partial charge in [0.15, 0.2) is 0 Å². The van der Waals surface area contributed by atoms with Gasteiger partial charge in [-0.15, -0.1) is 13.2 Å². The predicted molar refractivity (Wildman–Crippen MR) is 66.4 cm³/mol. The van der Waals surface area contributed by atoms with E-state index in [0.29, 0.717) is 0 Å². The van der Waals surface area contributed by atoms with E-state index in [4.69, 9.17) is 0 Å². The summed E-state index contributed by atoms with van der Waals surface area (Å²) in [6, 6.07) is 0. The van der Waals surface area contributed by atoms with Crippen molar-refractivity contribution in [2.24, 2.45) is 11.8 Å². The first-order chi connectivity index (χ1) is 6.86. The van der Waals surface area contributed by atoms with Gasteiger partial charge in [-0.1, -0.05) is 44.8 Å². The summed E-state index contributed by atoms with van der Waals surface area (Å²) < 4.78 is 0. The van der Waals surface area contributed by atoms with Crippen LogP contribution < -0.4 is 0 Å².